The molecule has 1 aromatic carbocycles. The Balaban J connectivity index is 2.24. The molecule has 164 valence electrons. The second-order valence-electron chi connectivity index (χ2n) is 7.46. The highest BCUT2D eigenvalue weighted by Gasteiger charge is 2.23. The molecule has 0 saturated carbocycles. The highest BCUT2D eigenvalue weighted by Crippen LogP contribution is 2.11. The number of rotatable bonds is 16. The molecule has 1 N–H and O–H groups in total. The average molecular weight is 406 g/mol. The number of ether oxygens (including phenoxy) is 2. The van der Waals surface area contributed by atoms with Gasteiger partial charge < -0.3 is 14.8 Å². The monoisotopic (exact) mass is 405 g/mol. The third kappa shape index (κ3) is 12.9. The number of hydrogen-bond donors (Lipinski definition) is 1. The second-order valence-corrected chi connectivity index (χ2v) is 7.46. The van der Waals surface area contributed by atoms with E-state index in [0.29, 0.717) is 13.0 Å². The normalized spacial score (nSPS) is 11.7. The molecule has 5 heteroatoms. The van der Waals surface area contributed by atoms with E-state index in [4.69, 9.17) is 9.47 Å². The highest BCUT2D eigenvalue weighted by atomic mass is 16.6. The van der Waals surface area contributed by atoms with Crippen LogP contribution in [0.3, 0.4) is 0 Å². The average Bonchev–Trinajstić information content (AvgIpc) is 2.72. The van der Waals surface area contributed by atoms with Gasteiger partial charge in [-0.3, -0.25) is 0 Å². The summed E-state index contributed by atoms with van der Waals surface area (Å²) in [6.45, 7) is 4.63. The minimum atomic E-state index is -0.737. The Morgan fingerprint density at radius 1 is 0.828 bits per heavy atom. The van der Waals surface area contributed by atoms with E-state index in [9.17, 15) is 9.59 Å². The maximum Gasteiger partial charge on any atom is 0.407 e. The van der Waals surface area contributed by atoms with Crippen LogP contribution in [0.25, 0.3) is 0 Å². The first-order valence-electron chi connectivity index (χ1n) is 11.3. The highest BCUT2D eigenvalue weighted by molar-refractivity contribution is 5.81. The van der Waals surface area contributed by atoms with Gasteiger partial charge in [0, 0.05) is 6.42 Å². The molecule has 0 unspecified atom stereocenters. The summed E-state index contributed by atoms with van der Waals surface area (Å²) < 4.78 is 10.3. The first kappa shape index (κ1) is 25.0. The molecule has 0 aliphatic rings. The maximum absolute atomic E-state index is 12.5. The summed E-state index contributed by atoms with van der Waals surface area (Å²) in [5.74, 6) is -0.405. The van der Waals surface area contributed by atoms with Crippen LogP contribution in [0.15, 0.2) is 30.3 Å². The summed E-state index contributed by atoms with van der Waals surface area (Å²) in [6, 6.07) is 8.85. The van der Waals surface area contributed by atoms with E-state index in [1.54, 1.807) is 6.92 Å². The Bertz CT molecular complexity index is 547. The maximum atomic E-state index is 12.5. The fraction of sp³-hybridized carbons (Fsp3) is 0.667. The number of nitrogens with one attached hydrogen (secondary N) is 1. The van der Waals surface area contributed by atoms with Gasteiger partial charge in [-0.15, -0.1) is 0 Å². The zero-order valence-corrected chi connectivity index (χ0v) is 18.3. The van der Waals surface area contributed by atoms with Gasteiger partial charge in [0.1, 0.15) is 6.04 Å². The Morgan fingerprint density at radius 3 is 2.00 bits per heavy atom. The summed E-state index contributed by atoms with van der Waals surface area (Å²) >= 11 is 0. The number of esters is 1. The van der Waals surface area contributed by atoms with E-state index >= 15 is 0 Å². The van der Waals surface area contributed by atoms with Gasteiger partial charge in [-0.05, 0) is 18.9 Å². The van der Waals surface area contributed by atoms with Gasteiger partial charge in [-0.1, -0.05) is 95.0 Å². The molecule has 29 heavy (non-hydrogen) atoms. The molecule has 0 heterocycles. The topological polar surface area (TPSA) is 64.6 Å². The summed E-state index contributed by atoms with van der Waals surface area (Å²) in [5.41, 5.74) is 0.963. The lowest BCUT2D eigenvalue weighted by atomic mass is 10.1. The predicted molar refractivity (Wildman–Crippen MR) is 117 cm³/mol. The number of unbranched alkanes of at least 4 members (excludes halogenated alkanes) is 9. The minimum Gasteiger partial charge on any atom is -0.464 e. The number of carbonyl (C=O) groups excluding carboxylic acids is 2. The summed E-state index contributed by atoms with van der Waals surface area (Å²) in [4.78, 5) is 24.2. The van der Waals surface area contributed by atoms with Crippen molar-refractivity contribution in [3.8, 4) is 0 Å². The van der Waals surface area contributed by atoms with Crippen LogP contribution in [0.4, 0.5) is 4.79 Å². The molecule has 0 aliphatic heterocycles. The summed E-state index contributed by atoms with van der Waals surface area (Å²) in [7, 11) is 0. The van der Waals surface area contributed by atoms with Gasteiger partial charge in [0.05, 0.1) is 13.2 Å². The predicted octanol–water partition coefficient (Wildman–Crippen LogP) is 5.81. The van der Waals surface area contributed by atoms with Crippen molar-refractivity contribution in [2.24, 2.45) is 0 Å². The first-order chi connectivity index (χ1) is 14.2. The van der Waals surface area contributed by atoms with Crippen LogP contribution in [0.1, 0.15) is 83.6 Å². The van der Waals surface area contributed by atoms with E-state index in [0.717, 1.165) is 18.4 Å². The molecular weight excluding hydrogens is 366 g/mol. The van der Waals surface area contributed by atoms with E-state index in [-0.39, 0.29) is 6.61 Å². The Kier molecular flexibility index (Phi) is 14.5. The van der Waals surface area contributed by atoms with Crippen molar-refractivity contribution in [2.45, 2.75) is 90.5 Å². The van der Waals surface area contributed by atoms with Crippen LogP contribution in [0, 0.1) is 0 Å². The van der Waals surface area contributed by atoms with Crippen molar-refractivity contribution in [3.05, 3.63) is 35.9 Å². The number of benzene rings is 1. The molecule has 0 aromatic heterocycles. The number of amides is 1. The van der Waals surface area contributed by atoms with Crippen LogP contribution in [-0.2, 0) is 20.7 Å². The van der Waals surface area contributed by atoms with E-state index in [1.807, 2.05) is 30.3 Å². The zero-order chi connectivity index (χ0) is 21.2. The molecule has 0 spiro atoms. The molecule has 1 atom stereocenters. The Hall–Kier alpha value is -2.04. The van der Waals surface area contributed by atoms with Crippen molar-refractivity contribution in [1.29, 1.82) is 0 Å². The second kappa shape index (κ2) is 16.9. The van der Waals surface area contributed by atoms with Crippen molar-refractivity contribution >= 4 is 12.1 Å². The van der Waals surface area contributed by atoms with Crippen LogP contribution >= 0.6 is 0 Å². The van der Waals surface area contributed by atoms with E-state index in [1.165, 1.54) is 51.4 Å². The van der Waals surface area contributed by atoms with E-state index in [2.05, 4.69) is 12.2 Å². The van der Waals surface area contributed by atoms with Crippen LogP contribution in [0.2, 0.25) is 0 Å². The summed E-state index contributed by atoms with van der Waals surface area (Å²) in [5, 5.41) is 2.62. The molecular formula is C24H39NO4. The molecule has 1 rings (SSSR count). The molecule has 0 radical (unpaired) electrons. The third-order valence-electron chi connectivity index (χ3n) is 4.88. The van der Waals surface area contributed by atoms with Gasteiger partial charge in [0.2, 0.25) is 0 Å². The Morgan fingerprint density at radius 2 is 1.41 bits per heavy atom. The van der Waals surface area contributed by atoms with Crippen molar-refractivity contribution in [1.82, 2.24) is 5.32 Å². The quantitative estimate of drug-likeness (QED) is 0.278. The molecule has 1 amide bonds. The Labute approximate surface area is 176 Å². The van der Waals surface area contributed by atoms with Crippen molar-refractivity contribution in [3.63, 3.8) is 0 Å². The molecule has 0 aliphatic carbocycles. The largest absolute Gasteiger partial charge is 0.464 e. The lowest BCUT2D eigenvalue weighted by Gasteiger charge is -2.17. The lowest BCUT2D eigenvalue weighted by molar-refractivity contribution is -0.146. The molecule has 5 nitrogen and oxygen atoms in total. The third-order valence-corrected chi connectivity index (χ3v) is 4.88. The zero-order valence-electron chi connectivity index (χ0n) is 18.3. The van der Waals surface area contributed by atoms with Crippen LogP contribution in [-0.4, -0.2) is 31.3 Å². The molecule has 0 bridgehead atoms. The molecule has 1 aromatic rings. The fourth-order valence-electron chi connectivity index (χ4n) is 3.22. The first-order valence-corrected chi connectivity index (χ1v) is 11.3. The molecule has 0 fully saturated rings. The standard InChI is InChI=1S/C24H39NO4/c1-3-5-6-7-8-9-10-11-12-16-19-29-23(26)22(25-24(27)28-4-2)20-21-17-14-13-15-18-21/h13-15,17-18,22H,3-12,16,19-20H2,1-2H3,(H,25,27)/t22-/m0/s1. The molecule has 0 saturated heterocycles. The lowest BCUT2D eigenvalue weighted by Crippen LogP contribution is -2.43. The SMILES string of the molecule is CCCCCCCCCCCCOC(=O)[C@H](Cc1ccccc1)NC(=O)OCC. The van der Waals surface area contributed by atoms with Gasteiger partial charge in [0.25, 0.3) is 0 Å². The van der Waals surface area contributed by atoms with Crippen LogP contribution in [0.5, 0.6) is 0 Å². The number of carbonyl (C=O) groups is 2. The fourth-order valence-corrected chi connectivity index (χ4v) is 3.22. The van der Waals surface area contributed by atoms with Gasteiger partial charge >= 0.3 is 12.1 Å². The van der Waals surface area contributed by atoms with Gasteiger partial charge in [-0.25, -0.2) is 9.59 Å². The summed E-state index contributed by atoms with van der Waals surface area (Å²) in [6.07, 6.45) is 12.1. The van der Waals surface area contributed by atoms with Crippen molar-refractivity contribution < 1.29 is 19.1 Å². The van der Waals surface area contributed by atoms with Gasteiger partial charge in [0.15, 0.2) is 0 Å². The smallest absolute Gasteiger partial charge is 0.407 e. The number of alkyl carbamates (subject to hydrolysis) is 1. The van der Waals surface area contributed by atoms with Crippen molar-refractivity contribution in [2.75, 3.05) is 13.2 Å². The van der Waals surface area contributed by atoms with Gasteiger partial charge in [-0.2, -0.15) is 0 Å². The minimum absolute atomic E-state index is 0.261. The van der Waals surface area contributed by atoms with Crippen LogP contribution < -0.4 is 5.32 Å². The van der Waals surface area contributed by atoms with E-state index < -0.39 is 18.1 Å². The number of hydrogen-bond acceptors (Lipinski definition) is 4.